The molecule has 1 aromatic heterocycles. The van der Waals surface area contributed by atoms with E-state index in [2.05, 4.69) is 11.0 Å². The third kappa shape index (κ3) is 5.40. The van der Waals surface area contributed by atoms with Gasteiger partial charge in [0.2, 0.25) is 0 Å². The Morgan fingerprint density at radius 1 is 1.20 bits per heavy atom. The number of thioether (sulfide) groups is 1. The molecule has 1 aromatic carbocycles. The number of thiocarbonyl (C=S) groups is 1. The number of hydrogen-bond acceptors (Lipinski definition) is 8. The van der Waals surface area contributed by atoms with Gasteiger partial charge in [-0.1, -0.05) is 43.0 Å². The van der Waals surface area contributed by atoms with Crippen molar-refractivity contribution in [1.82, 2.24) is 9.47 Å². The number of pyridine rings is 1. The number of hydrogen-bond donors (Lipinski definition) is 0. The summed E-state index contributed by atoms with van der Waals surface area (Å²) in [6, 6.07) is 8.82. The second-order valence-electron chi connectivity index (χ2n) is 10.2. The molecule has 8 nitrogen and oxygen atoms in total. The Hall–Kier alpha value is -3.20. The van der Waals surface area contributed by atoms with Crippen molar-refractivity contribution in [2.24, 2.45) is 0 Å². The molecule has 11 heteroatoms. The van der Waals surface area contributed by atoms with E-state index in [1.807, 2.05) is 17.9 Å². The SMILES string of the molecule is CCCn1c(N2CCN(c3ccccc3F)CC2)c(C=C2SC(=S)N(CC3CCCO3)C2=O)c(C)c(C#N)c1=O. The molecule has 3 aliphatic heterocycles. The summed E-state index contributed by atoms with van der Waals surface area (Å²) in [5.41, 5.74) is 1.50. The number of amides is 1. The van der Waals surface area contributed by atoms with Gasteiger partial charge < -0.3 is 14.5 Å². The van der Waals surface area contributed by atoms with Crippen LogP contribution in [0.1, 0.15) is 42.9 Å². The van der Waals surface area contributed by atoms with Crippen LogP contribution in [0.15, 0.2) is 34.0 Å². The highest BCUT2D eigenvalue weighted by Crippen LogP contribution is 2.37. The summed E-state index contributed by atoms with van der Waals surface area (Å²) >= 11 is 6.80. The van der Waals surface area contributed by atoms with Crippen LogP contribution in [0.2, 0.25) is 0 Å². The normalized spacial score (nSPS) is 20.6. The van der Waals surface area contributed by atoms with Gasteiger partial charge in [-0.2, -0.15) is 5.26 Å². The van der Waals surface area contributed by atoms with Crippen LogP contribution < -0.4 is 15.4 Å². The summed E-state index contributed by atoms with van der Waals surface area (Å²) in [5, 5.41) is 9.91. The molecule has 0 N–H and O–H groups in total. The highest BCUT2D eigenvalue weighted by Gasteiger charge is 2.36. The number of benzene rings is 1. The van der Waals surface area contributed by atoms with Crippen molar-refractivity contribution in [1.29, 1.82) is 5.26 Å². The molecule has 0 bridgehead atoms. The number of ether oxygens (including phenoxy) is 1. The second kappa shape index (κ2) is 12.1. The first kappa shape index (κ1) is 28.3. The first-order valence-electron chi connectivity index (χ1n) is 13.6. The Labute approximate surface area is 243 Å². The molecule has 0 aliphatic carbocycles. The summed E-state index contributed by atoms with van der Waals surface area (Å²) in [6.07, 6.45) is 4.32. The molecule has 3 aliphatic rings. The Morgan fingerprint density at radius 3 is 2.58 bits per heavy atom. The summed E-state index contributed by atoms with van der Waals surface area (Å²) in [5.74, 6) is 0.228. The highest BCUT2D eigenvalue weighted by atomic mass is 32.2. The Balaban J connectivity index is 1.53. The molecule has 0 spiro atoms. The third-order valence-corrected chi connectivity index (χ3v) is 9.00. The van der Waals surface area contributed by atoms with Gasteiger partial charge in [0.1, 0.15) is 27.6 Å². The maximum absolute atomic E-state index is 14.5. The number of anilines is 2. The van der Waals surface area contributed by atoms with Crippen molar-refractivity contribution >= 4 is 51.8 Å². The van der Waals surface area contributed by atoms with Gasteiger partial charge in [-0.25, -0.2) is 4.39 Å². The second-order valence-corrected chi connectivity index (χ2v) is 11.8. The zero-order valence-corrected chi connectivity index (χ0v) is 24.3. The van der Waals surface area contributed by atoms with Gasteiger partial charge in [0.05, 0.1) is 23.2 Å². The minimum Gasteiger partial charge on any atom is -0.376 e. The number of carbonyl (C=O) groups excluding carboxylic acids is 1. The van der Waals surface area contributed by atoms with E-state index in [9.17, 15) is 19.2 Å². The summed E-state index contributed by atoms with van der Waals surface area (Å²) in [4.78, 5) is 33.1. The first-order valence-corrected chi connectivity index (χ1v) is 14.8. The summed E-state index contributed by atoms with van der Waals surface area (Å²) in [6.45, 7) is 7.49. The Morgan fingerprint density at radius 2 is 1.93 bits per heavy atom. The number of aromatic nitrogens is 1. The molecule has 1 amide bonds. The fourth-order valence-electron chi connectivity index (χ4n) is 5.56. The van der Waals surface area contributed by atoms with E-state index >= 15 is 0 Å². The minimum absolute atomic E-state index is 0.0263. The predicted octanol–water partition coefficient (Wildman–Crippen LogP) is 4.28. The number of nitrogens with zero attached hydrogens (tertiary/aromatic N) is 5. The van der Waals surface area contributed by atoms with Crippen LogP contribution >= 0.6 is 24.0 Å². The lowest BCUT2D eigenvalue weighted by atomic mass is 10.0. The number of para-hydroxylation sites is 1. The topological polar surface area (TPSA) is 81.8 Å². The van der Waals surface area contributed by atoms with Crippen molar-refractivity contribution < 1.29 is 13.9 Å². The molecule has 1 atom stereocenters. The lowest BCUT2D eigenvalue weighted by Crippen LogP contribution is -2.49. The van der Waals surface area contributed by atoms with E-state index in [0.717, 1.165) is 12.8 Å². The standard InChI is InChI=1S/C29H32FN5O3S2/c1-3-10-34-26(33-13-11-32(12-14-33)24-9-5-4-8-23(24)30)21(19(2)22(17-31)27(34)36)16-25-28(37)35(29(39)40-25)18-20-7-6-15-38-20/h4-5,8-9,16,20H,3,6-7,10-15,18H2,1-2H3. The lowest BCUT2D eigenvalue weighted by molar-refractivity contribution is -0.123. The average molecular weight is 582 g/mol. The number of piperazine rings is 1. The summed E-state index contributed by atoms with van der Waals surface area (Å²) < 4.78 is 22.3. The van der Waals surface area contributed by atoms with Gasteiger partial charge >= 0.3 is 0 Å². The van der Waals surface area contributed by atoms with Crippen LogP contribution in [0.5, 0.6) is 0 Å². The van der Waals surface area contributed by atoms with E-state index < -0.39 is 0 Å². The van der Waals surface area contributed by atoms with Gasteiger partial charge in [0, 0.05) is 44.9 Å². The van der Waals surface area contributed by atoms with Crippen molar-refractivity contribution in [3.8, 4) is 6.07 Å². The van der Waals surface area contributed by atoms with Crippen molar-refractivity contribution in [3.63, 3.8) is 0 Å². The maximum atomic E-state index is 14.5. The van der Waals surface area contributed by atoms with Gasteiger partial charge in [-0.05, 0) is 50.0 Å². The summed E-state index contributed by atoms with van der Waals surface area (Å²) in [7, 11) is 0. The maximum Gasteiger partial charge on any atom is 0.270 e. The fraction of sp³-hybridized carbons (Fsp3) is 0.448. The van der Waals surface area contributed by atoms with Crippen LogP contribution in [0.4, 0.5) is 15.9 Å². The molecular formula is C29H32FN5O3S2. The Bertz CT molecular complexity index is 1450. The fourth-order valence-corrected chi connectivity index (χ4v) is 6.82. The number of rotatable bonds is 7. The third-order valence-electron chi connectivity index (χ3n) is 7.63. The molecular weight excluding hydrogens is 549 g/mol. The van der Waals surface area contributed by atoms with Gasteiger partial charge in [-0.15, -0.1) is 0 Å². The minimum atomic E-state index is -0.337. The average Bonchev–Trinajstić information content (AvgIpc) is 3.56. The molecule has 1 unspecified atom stereocenters. The van der Waals surface area contributed by atoms with Crippen molar-refractivity contribution in [3.05, 3.63) is 62.0 Å². The van der Waals surface area contributed by atoms with E-state index in [0.29, 0.717) is 84.2 Å². The first-order chi connectivity index (χ1) is 19.3. The predicted molar refractivity (Wildman–Crippen MR) is 160 cm³/mol. The van der Waals surface area contributed by atoms with Gasteiger partial charge in [-0.3, -0.25) is 19.1 Å². The van der Waals surface area contributed by atoms with Crippen LogP contribution in [0.3, 0.4) is 0 Å². The molecule has 3 fully saturated rings. The molecule has 3 saturated heterocycles. The van der Waals surface area contributed by atoms with Crippen LogP contribution in [0.25, 0.3) is 6.08 Å². The zero-order valence-electron chi connectivity index (χ0n) is 22.7. The van der Waals surface area contributed by atoms with E-state index in [1.54, 1.807) is 34.6 Å². The lowest BCUT2D eigenvalue weighted by Gasteiger charge is -2.39. The molecule has 210 valence electrons. The molecule has 4 heterocycles. The highest BCUT2D eigenvalue weighted by molar-refractivity contribution is 8.26. The van der Waals surface area contributed by atoms with E-state index in [-0.39, 0.29) is 29.0 Å². The van der Waals surface area contributed by atoms with Crippen molar-refractivity contribution in [2.45, 2.75) is 45.8 Å². The quantitative estimate of drug-likeness (QED) is 0.354. The van der Waals surface area contributed by atoms with Gasteiger partial charge in [0.15, 0.2) is 0 Å². The molecule has 5 rings (SSSR count). The molecule has 2 aromatic rings. The van der Waals surface area contributed by atoms with E-state index in [1.165, 1.54) is 17.8 Å². The molecule has 0 radical (unpaired) electrons. The number of nitriles is 1. The zero-order chi connectivity index (χ0) is 28.4. The smallest absolute Gasteiger partial charge is 0.270 e. The van der Waals surface area contributed by atoms with Gasteiger partial charge in [0.25, 0.3) is 11.5 Å². The Kier molecular flexibility index (Phi) is 8.59. The number of halogens is 1. The van der Waals surface area contributed by atoms with Crippen LogP contribution in [-0.2, 0) is 16.1 Å². The molecule has 0 saturated carbocycles. The van der Waals surface area contributed by atoms with E-state index in [4.69, 9.17) is 17.0 Å². The van der Waals surface area contributed by atoms with Crippen LogP contribution in [0, 0.1) is 24.1 Å². The molecule has 40 heavy (non-hydrogen) atoms. The van der Waals surface area contributed by atoms with Crippen LogP contribution in [-0.4, -0.2) is 65.1 Å². The largest absolute Gasteiger partial charge is 0.376 e. The van der Waals surface area contributed by atoms with Crippen molar-refractivity contribution in [2.75, 3.05) is 49.1 Å². The monoisotopic (exact) mass is 581 g/mol. The number of carbonyl (C=O) groups is 1.